The van der Waals surface area contributed by atoms with E-state index in [9.17, 15) is 10.3 Å². The van der Waals surface area contributed by atoms with Crippen molar-refractivity contribution in [2.45, 2.75) is 38.3 Å². The van der Waals surface area contributed by atoms with Crippen LogP contribution in [0.3, 0.4) is 0 Å². The number of hydrogen-bond donors (Lipinski definition) is 0. The lowest BCUT2D eigenvalue weighted by Gasteiger charge is -2.44. The summed E-state index contributed by atoms with van der Waals surface area (Å²) in [4.78, 5) is 22.4. The van der Waals surface area contributed by atoms with Crippen LogP contribution in [-0.4, -0.2) is 50.5 Å². The van der Waals surface area contributed by atoms with Gasteiger partial charge in [0.25, 0.3) is 5.78 Å². The van der Waals surface area contributed by atoms with Gasteiger partial charge in [0.15, 0.2) is 5.41 Å². The molecule has 0 aromatic heterocycles. The lowest BCUT2D eigenvalue weighted by Crippen LogP contribution is -2.65. The minimum Gasteiger partial charge on any atom is -0.371 e. The van der Waals surface area contributed by atoms with Crippen molar-refractivity contribution in [3.8, 4) is 0 Å². The molecule has 0 N–H and O–H groups in total. The minimum atomic E-state index is -2.16. The Morgan fingerprint density at radius 3 is 1.83 bits per heavy atom. The van der Waals surface area contributed by atoms with Gasteiger partial charge in [-0.25, -0.2) is 0 Å². The summed E-state index contributed by atoms with van der Waals surface area (Å²) in [5, 5.41) is 2.67. The third-order valence-corrected chi connectivity index (χ3v) is 12.6. The first kappa shape index (κ1) is 21.8. The van der Waals surface area contributed by atoms with Crippen molar-refractivity contribution in [3.05, 3.63) is 87.9 Å². The van der Waals surface area contributed by atoms with Gasteiger partial charge in [0.2, 0.25) is 0 Å². The third kappa shape index (κ3) is 2.58. The molecule has 3 heterocycles. The highest BCUT2D eigenvalue weighted by atomic mass is 28.3. The lowest BCUT2D eigenvalue weighted by molar-refractivity contribution is -0.0115. The number of benzene rings is 3. The predicted octanol–water partition coefficient (Wildman–Crippen LogP) is 3.75. The molecule has 3 aromatic rings. The normalized spacial score (nSPS) is 20.3. The Labute approximate surface area is 213 Å². The van der Waals surface area contributed by atoms with E-state index in [2.05, 4.69) is 77.1 Å². The van der Waals surface area contributed by atoms with Crippen LogP contribution in [0.4, 0.5) is 11.4 Å². The van der Waals surface area contributed by atoms with Gasteiger partial charge in [-0.15, -0.1) is 0 Å². The number of Topliss-reactive ketones (excluding diaryl/α,β-unsaturated/α-hetero) is 1. The van der Waals surface area contributed by atoms with E-state index in [-0.39, 0.29) is 11.5 Å². The van der Waals surface area contributed by atoms with Crippen LogP contribution in [0.15, 0.2) is 54.6 Å². The quantitative estimate of drug-likeness (QED) is 0.312. The van der Waals surface area contributed by atoms with Crippen molar-refractivity contribution < 1.29 is 9.58 Å². The Bertz CT molecular complexity index is 1460. The van der Waals surface area contributed by atoms with Gasteiger partial charge in [-0.3, -0.25) is 4.79 Å². The monoisotopic (exact) mass is 490 g/mol. The predicted molar refractivity (Wildman–Crippen MR) is 147 cm³/mol. The second-order valence-electron chi connectivity index (χ2n) is 11.3. The standard InChI is InChI=1S/C30H30N4OSi/c1-19-6-9-22-25(16-19)30(29(32-31)28(22)35)23-10-7-20(33-12-4-13-33)17-26(23)36(2,3)27-18-21(8-11-24(27)30)34-14-5-15-34/h6-11,16-18H,4-5,12-15H2,1-3H3. The molecule has 7 rings (SSSR count). The molecular formula is C30H30N4OSi. The Kier molecular flexibility index (Phi) is 4.40. The molecule has 0 amide bonds. The summed E-state index contributed by atoms with van der Waals surface area (Å²) in [6, 6.07) is 19.6. The number of nitrogens with zero attached hydrogens (tertiary/aromatic N) is 4. The molecule has 3 aromatic carbocycles. The van der Waals surface area contributed by atoms with Crippen LogP contribution in [0.5, 0.6) is 0 Å². The fourth-order valence-electron chi connectivity index (χ4n) is 6.84. The molecule has 1 spiro atoms. The maximum absolute atomic E-state index is 13.8. The van der Waals surface area contributed by atoms with Crippen molar-refractivity contribution in [1.29, 1.82) is 0 Å². The Morgan fingerprint density at radius 2 is 1.36 bits per heavy atom. The fraction of sp³-hybridized carbons (Fsp3) is 0.333. The van der Waals surface area contributed by atoms with E-state index in [1.807, 2.05) is 12.1 Å². The number of fused-ring (bicyclic) bond motifs is 6. The summed E-state index contributed by atoms with van der Waals surface area (Å²) in [6.45, 7) is 11.3. The van der Waals surface area contributed by atoms with Crippen LogP contribution in [0.1, 0.15) is 45.5 Å². The average Bonchev–Trinajstić information content (AvgIpc) is 3.03. The van der Waals surface area contributed by atoms with Gasteiger partial charge in [-0.05, 0) is 71.1 Å². The van der Waals surface area contributed by atoms with E-state index in [0.717, 1.165) is 48.4 Å². The number of carbonyl (C=O) groups excluding carboxylic acids is 1. The second kappa shape index (κ2) is 7.28. The highest BCUT2D eigenvalue weighted by molar-refractivity contribution is 7.01. The minimum absolute atomic E-state index is 0.176. The highest BCUT2D eigenvalue weighted by Gasteiger charge is 2.63. The molecule has 0 bridgehead atoms. The number of ketones is 1. The van der Waals surface area contributed by atoms with Crippen LogP contribution in [-0.2, 0) is 5.41 Å². The molecule has 180 valence electrons. The van der Waals surface area contributed by atoms with Gasteiger partial charge >= 0.3 is 5.71 Å². The molecule has 0 radical (unpaired) electrons. The number of rotatable bonds is 2. The van der Waals surface area contributed by atoms with Gasteiger partial charge < -0.3 is 15.3 Å². The zero-order chi connectivity index (χ0) is 24.8. The van der Waals surface area contributed by atoms with Gasteiger partial charge in [0, 0.05) is 43.1 Å². The van der Waals surface area contributed by atoms with E-state index in [0.29, 0.717) is 5.56 Å². The highest BCUT2D eigenvalue weighted by Crippen LogP contribution is 2.49. The van der Waals surface area contributed by atoms with Crippen LogP contribution in [0.25, 0.3) is 5.53 Å². The molecule has 6 heteroatoms. The van der Waals surface area contributed by atoms with E-state index in [4.69, 9.17) is 0 Å². The molecule has 2 fully saturated rings. The van der Waals surface area contributed by atoms with E-state index in [1.165, 1.54) is 34.6 Å². The molecule has 1 aliphatic carbocycles. The Morgan fingerprint density at radius 1 is 0.806 bits per heavy atom. The smallest absolute Gasteiger partial charge is 0.358 e. The summed E-state index contributed by atoms with van der Waals surface area (Å²) >= 11 is 0. The summed E-state index contributed by atoms with van der Waals surface area (Å²) in [7, 11) is -2.16. The van der Waals surface area contributed by atoms with Crippen LogP contribution < -0.4 is 20.2 Å². The average molecular weight is 491 g/mol. The number of aryl methyl sites for hydroxylation is 1. The number of carbonyl (C=O) groups is 1. The van der Waals surface area contributed by atoms with E-state index >= 15 is 0 Å². The molecular weight excluding hydrogens is 460 g/mol. The molecule has 0 saturated carbocycles. The molecule has 5 nitrogen and oxygen atoms in total. The van der Waals surface area contributed by atoms with Gasteiger partial charge in [-0.2, -0.15) is 4.79 Å². The van der Waals surface area contributed by atoms with Crippen LogP contribution in [0.2, 0.25) is 13.1 Å². The van der Waals surface area contributed by atoms with Crippen molar-refractivity contribution in [2.75, 3.05) is 36.0 Å². The summed E-state index contributed by atoms with van der Waals surface area (Å²) < 4.78 is 0. The first-order valence-corrected chi connectivity index (χ1v) is 16.1. The topological polar surface area (TPSA) is 60.0 Å². The summed E-state index contributed by atoms with van der Waals surface area (Å²) in [5.74, 6) is -0.176. The molecule has 4 aliphatic rings. The zero-order valence-corrected chi connectivity index (χ0v) is 22.1. The first-order valence-electron chi connectivity index (χ1n) is 13.1. The molecule has 0 unspecified atom stereocenters. The molecule has 36 heavy (non-hydrogen) atoms. The zero-order valence-electron chi connectivity index (χ0n) is 21.1. The lowest BCUT2D eigenvalue weighted by atomic mass is 9.68. The largest absolute Gasteiger partial charge is 0.371 e. The van der Waals surface area contributed by atoms with Gasteiger partial charge in [-0.1, -0.05) is 49.0 Å². The fourth-order valence-corrected chi connectivity index (χ4v) is 10.0. The maximum atomic E-state index is 13.8. The third-order valence-electron chi connectivity index (χ3n) is 9.10. The molecule has 3 aliphatic heterocycles. The van der Waals surface area contributed by atoms with Crippen molar-refractivity contribution in [3.63, 3.8) is 0 Å². The Hall–Kier alpha value is -3.47. The summed E-state index contributed by atoms with van der Waals surface area (Å²) in [6.07, 6.45) is 2.46. The molecule has 0 atom stereocenters. The molecule has 2 saturated heterocycles. The second-order valence-corrected chi connectivity index (χ2v) is 15.7. The Balaban J connectivity index is 1.60. The number of hydrogen-bond acceptors (Lipinski definition) is 3. The summed E-state index contributed by atoms with van der Waals surface area (Å²) in [5.41, 5.74) is 17.2. The van der Waals surface area contributed by atoms with E-state index in [1.54, 1.807) is 0 Å². The van der Waals surface area contributed by atoms with Gasteiger partial charge in [0.05, 0.1) is 0 Å². The first-order chi connectivity index (χ1) is 17.4. The van der Waals surface area contributed by atoms with Crippen LogP contribution in [0, 0.1) is 6.92 Å². The van der Waals surface area contributed by atoms with Crippen molar-refractivity contribution in [1.82, 2.24) is 0 Å². The van der Waals surface area contributed by atoms with Crippen molar-refractivity contribution >= 4 is 41.3 Å². The SMILES string of the molecule is Cc1ccc2c(c1)C1(C(=[N+]=[N-])C2=O)c2ccc(N3CCC3)cc2[Si](C)(C)c2cc(N3CCC3)ccc21. The van der Waals surface area contributed by atoms with Gasteiger partial charge in [0.1, 0.15) is 8.07 Å². The van der Waals surface area contributed by atoms with E-state index < -0.39 is 13.5 Å². The van der Waals surface area contributed by atoms with Crippen molar-refractivity contribution in [2.24, 2.45) is 0 Å². The van der Waals surface area contributed by atoms with Crippen LogP contribution >= 0.6 is 0 Å². The maximum Gasteiger partial charge on any atom is 0.358 e. The number of anilines is 2.